The van der Waals surface area contributed by atoms with E-state index in [0.29, 0.717) is 5.69 Å². The Morgan fingerprint density at radius 1 is 1.25 bits per heavy atom. The van der Waals surface area contributed by atoms with Crippen molar-refractivity contribution in [3.63, 3.8) is 0 Å². The summed E-state index contributed by atoms with van der Waals surface area (Å²) < 4.78 is 0. The summed E-state index contributed by atoms with van der Waals surface area (Å²) in [5, 5.41) is 0. The summed E-state index contributed by atoms with van der Waals surface area (Å²) in [6.45, 7) is 2.00. The van der Waals surface area contributed by atoms with E-state index >= 15 is 0 Å². The zero-order valence-corrected chi connectivity index (χ0v) is 9.38. The molecule has 0 amide bonds. The smallest absolute Gasteiger partial charge is 0.135 e. The van der Waals surface area contributed by atoms with Crippen molar-refractivity contribution < 1.29 is 0 Å². The van der Waals surface area contributed by atoms with Crippen LogP contribution >= 0.6 is 0 Å². The molecule has 0 aromatic carbocycles. The number of hydrogen-bond acceptors (Lipinski definition) is 4. The van der Waals surface area contributed by atoms with E-state index < -0.39 is 0 Å². The Bertz CT molecular complexity index is 482. The van der Waals surface area contributed by atoms with Crippen LogP contribution in [0.4, 0.5) is 17.2 Å². The molecular weight excluding hydrogens is 200 g/mol. The van der Waals surface area contributed by atoms with Crippen LogP contribution in [0.1, 0.15) is 5.56 Å². The van der Waals surface area contributed by atoms with Gasteiger partial charge in [-0.05, 0) is 30.7 Å². The van der Waals surface area contributed by atoms with Crippen LogP contribution in [0, 0.1) is 6.92 Å². The van der Waals surface area contributed by atoms with E-state index in [1.54, 1.807) is 18.6 Å². The molecule has 2 N–H and O–H groups in total. The molecule has 2 aromatic heterocycles. The second kappa shape index (κ2) is 4.18. The fourth-order valence-corrected chi connectivity index (χ4v) is 1.63. The zero-order valence-electron chi connectivity index (χ0n) is 9.38. The van der Waals surface area contributed by atoms with Crippen LogP contribution in [-0.2, 0) is 0 Å². The van der Waals surface area contributed by atoms with Crippen LogP contribution in [0.2, 0.25) is 0 Å². The van der Waals surface area contributed by atoms with E-state index in [1.807, 2.05) is 37.1 Å². The molecule has 2 heterocycles. The number of nitrogen functional groups attached to an aromatic ring is 1. The number of nitrogens with two attached hydrogens (primary N) is 1. The highest BCUT2D eigenvalue weighted by Gasteiger charge is 2.07. The summed E-state index contributed by atoms with van der Waals surface area (Å²) in [5.74, 6) is 0.903. The van der Waals surface area contributed by atoms with Crippen molar-refractivity contribution in [1.29, 1.82) is 0 Å². The van der Waals surface area contributed by atoms with Gasteiger partial charge < -0.3 is 10.6 Å². The van der Waals surface area contributed by atoms with Crippen molar-refractivity contribution in [1.82, 2.24) is 9.97 Å². The Balaban J connectivity index is 2.38. The predicted molar refractivity (Wildman–Crippen MR) is 65.7 cm³/mol. The largest absolute Gasteiger partial charge is 0.397 e. The topological polar surface area (TPSA) is 55.0 Å². The molecule has 0 unspecified atom stereocenters. The number of pyridine rings is 2. The molecule has 0 fully saturated rings. The number of anilines is 3. The number of aryl methyl sites for hydroxylation is 1. The number of hydrogen-bond donors (Lipinski definition) is 1. The lowest BCUT2D eigenvalue weighted by Gasteiger charge is -2.20. The van der Waals surface area contributed by atoms with Gasteiger partial charge in [-0.2, -0.15) is 0 Å². The van der Waals surface area contributed by atoms with Crippen molar-refractivity contribution in [2.75, 3.05) is 17.7 Å². The minimum atomic E-state index is 0.685. The molecule has 0 saturated heterocycles. The highest BCUT2D eigenvalue weighted by Crippen LogP contribution is 2.24. The normalized spacial score (nSPS) is 10.1. The maximum absolute atomic E-state index is 5.68. The average molecular weight is 214 g/mol. The molecule has 4 heteroatoms. The molecule has 0 aliphatic heterocycles. The Morgan fingerprint density at radius 2 is 1.94 bits per heavy atom. The third-order valence-corrected chi connectivity index (χ3v) is 2.44. The van der Waals surface area contributed by atoms with Gasteiger partial charge in [0, 0.05) is 25.1 Å². The summed E-state index contributed by atoms with van der Waals surface area (Å²) in [6.07, 6.45) is 5.19. The monoisotopic (exact) mass is 214 g/mol. The van der Waals surface area contributed by atoms with E-state index in [2.05, 4.69) is 9.97 Å². The van der Waals surface area contributed by atoms with E-state index in [9.17, 15) is 0 Å². The number of rotatable bonds is 2. The quantitative estimate of drug-likeness (QED) is 0.832. The van der Waals surface area contributed by atoms with Gasteiger partial charge in [0.25, 0.3) is 0 Å². The second-order valence-corrected chi connectivity index (χ2v) is 3.67. The molecule has 2 rings (SSSR count). The first-order valence-electron chi connectivity index (χ1n) is 5.04. The fourth-order valence-electron chi connectivity index (χ4n) is 1.63. The number of nitrogens with zero attached hydrogens (tertiary/aromatic N) is 3. The van der Waals surface area contributed by atoms with Gasteiger partial charge in [-0.3, -0.25) is 4.98 Å². The molecular formula is C12H14N4. The van der Waals surface area contributed by atoms with Gasteiger partial charge in [-0.1, -0.05) is 0 Å². The van der Waals surface area contributed by atoms with Gasteiger partial charge in [0.2, 0.25) is 0 Å². The first-order valence-corrected chi connectivity index (χ1v) is 5.04. The van der Waals surface area contributed by atoms with Crippen molar-refractivity contribution in [2.24, 2.45) is 0 Å². The Hall–Kier alpha value is -2.10. The average Bonchev–Trinajstić information content (AvgIpc) is 2.29. The van der Waals surface area contributed by atoms with Gasteiger partial charge in [0.1, 0.15) is 5.82 Å². The second-order valence-electron chi connectivity index (χ2n) is 3.67. The molecule has 16 heavy (non-hydrogen) atoms. The molecule has 82 valence electrons. The van der Waals surface area contributed by atoms with Gasteiger partial charge in [-0.25, -0.2) is 4.98 Å². The van der Waals surface area contributed by atoms with Crippen LogP contribution in [0.5, 0.6) is 0 Å². The van der Waals surface area contributed by atoms with Crippen molar-refractivity contribution in [3.05, 3.63) is 42.4 Å². The van der Waals surface area contributed by atoms with E-state index in [0.717, 1.165) is 17.1 Å². The van der Waals surface area contributed by atoms with E-state index in [4.69, 9.17) is 5.73 Å². The van der Waals surface area contributed by atoms with Gasteiger partial charge in [-0.15, -0.1) is 0 Å². The molecule has 0 bridgehead atoms. The van der Waals surface area contributed by atoms with Gasteiger partial charge in [0.15, 0.2) is 0 Å². The molecule has 0 saturated carbocycles. The van der Waals surface area contributed by atoms with Crippen molar-refractivity contribution in [2.45, 2.75) is 6.92 Å². The highest BCUT2D eigenvalue weighted by molar-refractivity contribution is 5.63. The summed E-state index contributed by atoms with van der Waals surface area (Å²) in [5.41, 5.74) is 8.47. The van der Waals surface area contributed by atoms with Gasteiger partial charge >= 0.3 is 0 Å². The lowest BCUT2D eigenvalue weighted by atomic mass is 10.2. The Morgan fingerprint density at radius 3 is 2.56 bits per heavy atom. The predicted octanol–water partition coefficient (Wildman–Crippen LogP) is 2.14. The van der Waals surface area contributed by atoms with Crippen LogP contribution in [0.3, 0.4) is 0 Å². The zero-order chi connectivity index (χ0) is 11.5. The maximum atomic E-state index is 5.68. The minimum absolute atomic E-state index is 0.685. The highest BCUT2D eigenvalue weighted by atomic mass is 15.2. The lowest BCUT2D eigenvalue weighted by molar-refractivity contribution is 1.10. The van der Waals surface area contributed by atoms with E-state index in [1.165, 1.54) is 0 Å². The van der Waals surface area contributed by atoms with Crippen molar-refractivity contribution in [3.8, 4) is 0 Å². The summed E-state index contributed by atoms with van der Waals surface area (Å²) in [6, 6.07) is 5.80. The summed E-state index contributed by atoms with van der Waals surface area (Å²) in [4.78, 5) is 10.3. The standard InChI is InChI=1S/C12H14N4/c1-9-7-10(13)8-15-12(9)16(2)11-3-5-14-6-4-11/h3-8H,13H2,1-2H3. The van der Waals surface area contributed by atoms with E-state index in [-0.39, 0.29) is 0 Å². The van der Waals surface area contributed by atoms with Gasteiger partial charge in [0.05, 0.1) is 11.9 Å². The summed E-state index contributed by atoms with van der Waals surface area (Å²) >= 11 is 0. The SMILES string of the molecule is Cc1cc(N)cnc1N(C)c1ccncc1. The van der Waals surface area contributed by atoms with Crippen molar-refractivity contribution >= 4 is 17.2 Å². The number of aromatic nitrogens is 2. The first kappa shape index (κ1) is 10.4. The summed E-state index contributed by atoms with van der Waals surface area (Å²) in [7, 11) is 1.97. The Kier molecular flexibility index (Phi) is 2.72. The molecule has 2 aromatic rings. The first-order chi connectivity index (χ1) is 7.68. The van der Waals surface area contributed by atoms with Crippen LogP contribution in [0.15, 0.2) is 36.8 Å². The molecule has 0 atom stereocenters. The van der Waals surface area contributed by atoms with Crippen LogP contribution < -0.4 is 10.6 Å². The third-order valence-electron chi connectivity index (χ3n) is 2.44. The van der Waals surface area contributed by atoms with Crippen LogP contribution in [-0.4, -0.2) is 17.0 Å². The molecule has 0 aliphatic rings. The fraction of sp³-hybridized carbons (Fsp3) is 0.167. The minimum Gasteiger partial charge on any atom is -0.397 e. The lowest BCUT2D eigenvalue weighted by Crippen LogP contribution is -2.12. The molecule has 0 aliphatic carbocycles. The molecule has 0 radical (unpaired) electrons. The molecule has 4 nitrogen and oxygen atoms in total. The Labute approximate surface area is 94.8 Å². The third kappa shape index (κ3) is 1.95. The maximum Gasteiger partial charge on any atom is 0.135 e. The molecule has 0 spiro atoms. The van der Waals surface area contributed by atoms with Crippen LogP contribution in [0.25, 0.3) is 0 Å².